The first-order valence-corrected chi connectivity index (χ1v) is 4.43. The van der Waals surface area contributed by atoms with E-state index in [0.717, 1.165) is 5.56 Å². The van der Waals surface area contributed by atoms with Gasteiger partial charge < -0.3 is 14.1 Å². The van der Waals surface area contributed by atoms with Gasteiger partial charge in [-0.25, -0.2) is 4.98 Å². The first kappa shape index (κ1) is 9.51. The van der Waals surface area contributed by atoms with Crippen molar-refractivity contribution in [3.05, 3.63) is 30.4 Å². The molecule has 0 aliphatic carbocycles. The topological polar surface area (TPSA) is 68.3 Å². The van der Waals surface area contributed by atoms with Crippen LogP contribution < -0.4 is 0 Å². The zero-order valence-electron chi connectivity index (χ0n) is 8.17. The molecule has 0 radical (unpaired) electrons. The predicted octanol–water partition coefficient (Wildman–Crippen LogP) is 1.31. The third kappa shape index (κ3) is 2.07. The van der Waals surface area contributed by atoms with Crippen LogP contribution >= 0.6 is 0 Å². The van der Waals surface area contributed by atoms with E-state index in [1.54, 1.807) is 0 Å². The fraction of sp³-hybridized carbons (Fsp3) is 0.200. The molecule has 78 valence electrons. The minimum Gasteiger partial charge on any atom is -0.481 e. The molecule has 0 bridgehead atoms. The van der Waals surface area contributed by atoms with E-state index in [1.807, 2.05) is 30.1 Å². The fourth-order valence-electron chi connectivity index (χ4n) is 1.31. The van der Waals surface area contributed by atoms with Crippen LogP contribution in [-0.4, -0.2) is 20.6 Å². The maximum atomic E-state index is 10.4. The van der Waals surface area contributed by atoms with Crippen molar-refractivity contribution in [2.24, 2.45) is 7.05 Å². The summed E-state index contributed by atoms with van der Waals surface area (Å²) in [5.41, 5.74) is 1.27. The Morgan fingerprint density at radius 1 is 1.67 bits per heavy atom. The molecule has 0 aliphatic rings. The molecule has 1 N–H and O–H groups in total. The van der Waals surface area contributed by atoms with Gasteiger partial charge >= 0.3 is 5.97 Å². The highest BCUT2D eigenvalue weighted by molar-refractivity contribution is 5.69. The summed E-state index contributed by atoms with van der Waals surface area (Å²) in [6, 6.07) is 1.86. The summed E-state index contributed by atoms with van der Waals surface area (Å²) >= 11 is 0. The van der Waals surface area contributed by atoms with E-state index >= 15 is 0 Å². The lowest BCUT2D eigenvalue weighted by Crippen LogP contribution is -1.99. The molecule has 2 heterocycles. The van der Waals surface area contributed by atoms with Crippen molar-refractivity contribution in [3.8, 4) is 11.5 Å². The van der Waals surface area contributed by atoms with Crippen LogP contribution in [0.1, 0.15) is 5.69 Å². The quantitative estimate of drug-likeness (QED) is 0.822. The summed E-state index contributed by atoms with van der Waals surface area (Å²) < 4.78 is 7.05. The number of carboxylic acid groups (broad SMARTS) is 1. The maximum absolute atomic E-state index is 10.4. The van der Waals surface area contributed by atoms with Gasteiger partial charge in [-0.15, -0.1) is 0 Å². The molecule has 0 aliphatic heterocycles. The highest BCUT2D eigenvalue weighted by atomic mass is 16.4. The van der Waals surface area contributed by atoms with Gasteiger partial charge in [-0.3, -0.25) is 4.79 Å². The average molecular weight is 206 g/mol. The van der Waals surface area contributed by atoms with E-state index in [2.05, 4.69) is 4.98 Å². The Hall–Kier alpha value is -2.04. The Labute approximate surface area is 86.0 Å². The number of rotatable bonds is 3. The van der Waals surface area contributed by atoms with E-state index in [4.69, 9.17) is 9.52 Å². The van der Waals surface area contributed by atoms with Crippen LogP contribution in [0.4, 0.5) is 0 Å². The van der Waals surface area contributed by atoms with Gasteiger partial charge in [0.25, 0.3) is 0 Å². The molecule has 0 atom stereocenters. The van der Waals surface area contributed by atoms with Crippen LogP contribution in [0.15, 0.2) is 29.1 Å². The number of hydrogen-bond donors (Lipinski definition) is 1. The highest BCUT2D eigenvalue weighted by Gasteiger charge is 2.09. The van der Waals surface area contributed by atoms with Crippen molar-refractivity contribution in [3.63, 3.8) is 0 Å². The third-order valence-electron chi connectivity index (χ3n) is 1.96. The molecular formula is C10H10N2O3. The lowest BCUT2D eigenvalue weighted by atomic mass is 10.3. The minimum absolute atomic E-state index is 0.115. The molecule has 0 saturated carbocycles. The second-order valence-electron chi connectivity index (χ2n) is 3.28. The van der Waals surface area contributed by atoms with Crippen molar-refractivity contribution in [2.75, 3.05) is 0 Å². The summed E-state index contributed by atoms with van der Waals surface area (Å²) in [6.07, 6.45) is 4.99. The van der Waals surface area contributed by atoms with E-state index < -0.39 is 5.97 Å². The monoisotopic (exact) mass is 206 g/mol. The summed E-state index contributed by atoms with van der Waals surface area (Å²) in [5, 5.41) is 8.57. The standard InChI is InChI=1S/C10H10N2O3/c1-12-3-2-7(5-12)10-11-8(6-15-10)4-9(13)14/h2-3,5-6H,4H2,1H3,(H,13,14). The van der Waals surface area contributed by atoms with Crippen molar-refractivity contribution >= 4 is 5.97 Å². The van der Waals surface area contributed by atoms with Crippen molar-refractivity contribution in [2.45, 2.75) is 6.42 Å². The first-order chi connectivity index (χ1) is 7.15. The number of carboxylic acids is 1. The lowest BCUT2D eigenvalue weighted by molar-refractivity contribution is -0.136. The molecule has 5 nitrogen and oxygen atoms in total. The molecule has 2 rings (SSSR count). The number of aliphatic carboxylic acids is 1. The first-order valence-electron chi connectivity index (χ1n) is 4.43. The van der Waals surface area contributed by atoms with E-state index in [9.17, 15) is 4.79 Å². The number of oxazole rings is 1. The van der Waals surface area contributed by atoms with Crippen molar-refractivity contribution < 1.29 is 14.3 Å². The average Bonchev–Trinajstić information content (AvgIpc) is 2.72. The van der Waals surface area contributed by atoms with Gasteiger partial charge in [0.2, 0.25) is 5.89 Å². The molecular weight excluding hydrogens is 196 g/mol. The Kier molecular flexibility index (Phi) is 2.29. The van der Waals surface area contributed by atoms with Crippen LogP contribution in [0.25, 0.3) is 11.5 Å². The summed E-state index contributed by atoms with van der Waals surface area (Å²) in [6.45, 7) is 0. The Balaban J connectivity index is 2.23. The van der Waals surface area contributed by atoms with Gasteiger partial charge in [0.15, 0.2) is 0 Å². The number of aromatic nitrogens is 2. The third-order valence-corrected chi connectivity index (χ3v) is 1.96. The van der Waals surface area contributed by atoms with E-state index in [1.165, 1.54) is 6.26 Å². The molecule has 0 spiro atoms. The minimum atomic E-state index is -0.914. The van der Waals surface area contributed by atoms with Gasteiger partial charge in [-0.05, 0) is 6.07 Å². The highest BCUT2D eigenvalue weighted by Crippen LogP contribution is 2.18. The fourth-order valence-corrected chi connectivity index (χ4v) is 1.31. The predicted molar refractivity (Wildman–Crippen MR) is 52.2 cm³/mol. The molecule has 5 heteroatoms. The Morgan fingerprint density at radius 3 is 3.07 bits per heavy atom. The van der Waals surface area contributed by atoms with Crippen molar-refractivity contribution in [1.82, 2.24) is 9.55 Å². The second kappa shape index (κ2) is 3.61. The number of hydrogen-bond acceptors (Lipinski definition) is 3. The van der Waals surface area contributed by atoms with Gasteiger partial charge in [-0.2, -0.15) is 0 Å². The molecule has 15 heavy (non-hydrogen) atoms. The SMILES string of the molecule is Cn1ccc(-c2nc(CC(=O)O)co2)c1. The molecule has 0 amide bonds. The van der Waals surface area contributed by atoms with Crippen LogP contribution in [0.3, 0.4) is 0 Å². The zero-order valence-corrected chi connectivity index (χ0v) is 8.17. The summed E-state index contributed by atoms with van der Waals surface area (Å²) in [7, 11) is 1.89. The van der Waals surface area contributed by atoms with E-state index in [-0.39, 0.29) is 6.42 Å². The lowest BCUT2D eigenvalue weighted by Gasteiger charge is -1.88. The van der Waals surface area contributed by atoms with Crippen LogP contribution in [0, 0.1) is 0 Å². The zero-order chi connectivity index (χ0) is 10.8. The summed E-state index contributed by atoms with van der Waals surface area (Å²) in [4.78, 5) is 14.5. The van der Waals surface area contributed by atoms with Crippen LogP contribution in [0.5, 0.6) is 0 Å². The van der Waals surface area contributed by atoms with Gasteiger partial charge in [0, 0.05) is 19.4 Å². The number of nitrogens with zero attached hydrogens (tertiary/aromatic N) is 2. The smallest absolute Gasteiger partial charge is 0.309 e. The van der Waals surface area contributed by atoms with Crippen LogP contribution in [-0.2, 0) is 18.3 Å². The number of carbonyl (C=O) groups is 1. The molecule has 2 aromatic rings. The molecule has 0 saturated heterocycles. The Bertz CT molecular complexity index is 484. The van der Waals surface area contributed by atoms with Crippen LogP contribution in [0.2, 0.25) is 0 Å². The number of aryl methyl sites for hydroxylation is 1. The van der Waals surface area contributed by atoms with Gasteiger partial charge in [0.1, 0.15) is 6.26 Å². The normalized spacial score (nSPS) is 10.5. The van der Waals surface area contributed by atoms with E-state index in [0.29, 0.717) is 11.6 Å². The maximum Gasteiger partial charge on any atom is 0.309 e. The largest absolute Gasteiger partial charge is 0.481 e. The van der Waals surface area contributed by atoms with Crippen molar-refractivity contribution in [1.29, 1.82) is 0 Å². The molecule has 0 unspecified atom stereocenters. The molecule has 0 aromatic carbocycles. The molecule has 2 aromatic heterocycles. The van der Waals surface area contributed by atoms with Gasteiger partial charge in [-0.1, -0.05) is 0 Å². The molecule has 0 fully saturated rings. The van der Waals surface area contributed by atoms with Gasteiger partial charge in [0.05, 0.1) is 17.7 Å². The Morgan fingerprint density at radius 2 is 2.47 bits per heavy atom. The summed E-state index contributed by atoms with van der Waals surface area (Å²) in [5.74, 6) is -0.463. The second-order valence-corrected chi connectivity index (χ2v) is 3.28.